The number of furan rings is 1. The summed E-state index contributed by atoms with van der Waals surface area (Å²) in [5.41, 5.74) is 0.989. The van der Waals surface area contributed by atoms with Crippen molar-refractivity contribution in [1.29, 1.82) is 0 Å². The predicted octanol–water partition coefficient (Wildman–Crippen LogP) is 1.97. The number of sulfonamides is 1. The maximum Gasteiger partial charge on any atom is 0.250 e. The van der Waals surface area contributed by atoms with Gasteiger partial charge in [-0.2, -0.15) is 0 Å². The van der Waals surface area contributed by atoms with Crippen LogP contribution in [-0.4, -0.2) is 21.5 Å². The predicted molar refractivity (Wildman–Crippen MR) is 79.3 cm³/mol. The van der Waals surface area contributed by atoms with Crippen molar-refractivity contribution in [1.82, 2.24) is 10.0 Å². The van der Waals surface area contributed by atoms with Crippen molar-refractivity contribution >= 4 is 21.4 Å². The van der Waals surface area contributed by atoms with E-state index in [1.54, 1.807) is 18.4 Å². The topological polar surface area (TPSA) is 71.3 Å². The van der Waals surface area contributed by atoms with Crippen molar-refractivity contribution in [2.45, 2.75) is 24.1 Å². The van der Waals surface area contributed by atoms with E-state index in [9.17, 15) is 8.42 Å². The zero-order chi connectivity index (χ0) is 14.4. The fraction of sp³-hybridized carbons (Fsp3) is 0.385. The molecule has 0 fully saturated rings. The summed E-state index contributed by atoms with van der Waals surface area (Å²) in [6.07, 6.45) is 2.12. The molecule has 20 heavy (non-hydrogen) atoms. The Morgan fingerprint density at radius 2 is 2.25 bits per heavy atom. The van der Waals surface area contributed by atoms with Crippen molar-refractivity contribution in [2.24, 2.45) is 0 Å². The molecule has 2 N–H and O–H groups in total. The summed E-state index contributed by atoms with van der Waals surface area (Å²) in [5, 5.41) is 5.03. The van der Waals surface area contributed by atoms with Crippen LogP contribution in [0, 0.1) is 0 Å². The van der Waals surface area contributed by atoms with Crippen LogP contribution in [0.15, 0.2) is 38.5 Å². The zero-order valence-corrected chi connectivity index (χ0v) is 12.9. The molecule has 0 bridgehead atoms. The van der Waals surface area contributed by atoms with E-state index in [0.29, 0.717) is 23.7 Å². The minimum Gasteiger partial charge on any atom is -0.469 e. The smallest absolute Gasteiger partial charge is 0.250 e. The minimum absolute atomic E-state index is 0.330. The lowest BCUT2D eigenvalue weighted by Gasteiger charge is -2.03. The van der Waals surface area contributed by atoms with Gasteiger partial charge in [0.1, 0.15) is 9.97 Å². The third kappa shape index (κ3) is 4.17. The van der Waals surface area contributed by atoms with Gasteiger partial charge in [-0.3, -0.25) is 0 Å². The largest absolute Gasteiger partial charge is 0.469 e. The van der Waals surface area contributed by atoms with Crippen LogP contribution in [0.25, 0.3) is 0 Å². The first-order valence-electron chi connectivity index (χ1n) is 6.42. The van der Waals surface area contributed by atoms with Crippen molar-refractivity contribution in [3.05, 3.63) is 41.2 Å². The van der Waals surface area contributed by atoms with Gasteiger partial charge in [-0.1, -0.05) is 6.92 Å². The number of thiophene rings is 1. The van der Waals surface area contributed by atoms with Crippen molar-refractivity contribution in [3.63, 3.8) is 0 Å². The highest BCUT2D eigenvalue weighted by atomic mass is 32.2. The highest BCUT2D eigenvalue weighted by Gasteiger charge is 2.16. The summed E-state index contributed by atoms with van der Waals surface area (Å²) < 4.78 is 32.3. The van der Waals surface area contributed by atoms with Crippen molar-refractivity contribution < 1.29 is 12.8 Å². The van der Waals surface area contributed by atoms with Gasteiger partial charge >= 0.3 is 0 Å². The SMILES string of the molecule is CCNCc1csc(S(=O)(=O)NCCc2ccco2)c1. The highest BCUT2D eigenvalue weighted by Crippen LogP contribution is 2.20. The first-order valence-corrected chi connectivity index (χ1v) is 8.78. The molecular weight excluding hydrogens is 296 g/mol. The summed E-state index contributed by atoms with van der Waals surface area (Å²) in [4.78, 5) is 0. The van der Waals surface area contributed by atoms with Gasteiger partial charge in [-0.05, 0) is 35.7 Å². The van der Waals surface area contributed by atoms with Crippen LogP contribution < -0.4 is 10.0 Å². The molecule has 7 heteroatoms. The van der Waals surface area contributed by atoms with Gasteiger partial charge in [0.25, 0.3) is 0 Å². The van der Waals surface area contributed by atoms with Gasteiger partial charge in [0, 0.05) is 19.5 Å². The summed E-state index contributed by atoms with van der Waals surface area (Å²) in [6.45, 7) is 3.89. The molecule has 2 heterocycles. The second kappa shape index (κ2) is 7.03. The quantitative estimate of drug-likeness (QED) is 0.781. The maximum absolute atomic E-state index is 12.1. The first-order chi connectivity index (χ1) is 9.62. The van der Waals surface area contributed by atoms with Gasteiger partial charge in [0.05, 0.1) is 6.26 Å². The van der Waals surface area contributed by atoms with Gasteiger partial charge in [-0.25, -0.2) is 13.1 Å². The average molecular weight is 314 g/mol. The van der Waals surface area contributed by atoms with Crippen LogP contribution in [0.4, 0.5) is 0 Å². The fourth-order valence-corrected chi connectivity index (χ4v) is 3.98. The summed E-state index contributed by atoms with van der Waals surface area (Å²) >= 11 is 1.24. The van der Waals surface area contributed by atoms with Crippen LogP contribution in [0.5, 0.6) is 0 Å². The van der Waals surface area contributed by atoms with Crippen molar-refractivity contribution in [3.8, 4) is 0 Å². The second-order valence-electron chi connectivity index (χ2n) is 4.28. The Morgan fingerprint density at radius 3 is 2.95 bits per heavy atom. The number of hydrogen-bond donors (Lipinski definition) is 2. The Kier molecular flexibility index (Phi) is 5.36. The average Bonchev–Trinajstić information content (AvgIpc) is 3.07. The van der Waals surface area contributed by atoms with E-state index in [2.05, 4.69) is 10.0 Å². The van der Waals surface area contributed by atoms with E-state index in [1.165, 1.54) is 11.3 Å². The van der Waals surface area contributed by atoms with E-state index in [1.807, 2.05) is 18.4 Å². The summed E-state index contributed by atoms with van der Waals surface area (Å²) in [7, 11) is -3.42. The van der Waals surface area contributed by atoms with Gasteiger partial charge in [0.2, 0.25) is 10.0 Å². The Balaban J connectivity index is 1.90. The van der Waals surface area contributed by atoms with Crippen LogP contribution in [0.2, 0.25) is 0 Å². The van der Waals surface area contributed by atoms with E-state index < -0.39 is 10.0 Å². The molecule has 0 aliphatic rings. The normalized spacial score (nSPS) is 11.8. The molecule has 0 aliphatic carbocycles. The lowest BCUT2D eigenvalue weighted by atomic mass is 10.3. The molecule has 5 nitrogen and oxygen atoms in total. The highest BCUT2D eigenvalue weighted by molar-refractivity contribution is 7.91. The van der Waals surface area contributed by atoms with E-state index in [-0.39, 0.29) is 0 Å². The van der Waals surface area contributed by atoms with Crippen LogP contribution in [0.3, 0.4) is 0 Å². The van der Waals surface area contributed by atoms with Crippen LogP contribution in [0.1, 0.15) is 18.2 Å². The molecule has 110 valence electrons. The molecule has 2 rings (SSSR count). The molecule has 0 unspecified atom stereocenters. The molecule has 2 aromatic rings. The monoisotopic (exact) mass is 314 g/mol. The van der Waals surface area contributed by atoms with Gasteiger partial charge < -0.3 is 9.73 Å². The third-order valence-corrected chi connectivity index (χ3v) is 5.67. The number of rotatable bonds is 8. The molecular formula is C13H18N2O3S2. The molecule has 0 atom stereocenters. The first kappa shape index (κ1) is 15.2. The Labute approximate surface area is 123 Å². The molecule has 0 aliphatic heterocycles. The van der Waals surface area contributed by atoms with Crippen LogP contribution >= 0.6 is 11.3 Å². The van der Waals surface area contributed by atoms with Gasteiger partial charge in [-0.15, -0.1) is 11.3 Å². The molecule has 0 radical (unpaired) electrons. The summed E-state index contributed by atoms with van der Waals surface area (Å²) in [6, 6.07) is 5.33. The number of hydrogen-bond acceptors (Lipinski definition) is 5. The molecule has 0 spiro atoms. The van der Waals surface area contributed by atoms with Crippen molar-refractivity contribution in [2.75, 3.05) is 13.1 Å². The third-order valence-electron chi connectivity index (χ3n) is 2.72. The number of nitrogens with one attached hydrogen (secondary N) is 2. The lowest BCUT2D eigenvalue weighted by Crippen LogP contribution is -2.25. The fourth-order valence-electron chi connectivity index (χ4n) is 1.69. The molecule has 0 aromatic carbocycles. The molecule has 0 amide bonds. The van der Waals surface area contributed by atoms with E-state index in [4.69, 9.17) is 4.42 Å². The minimum atomic E-state index is -3.42. The van der Waals surface area contributed by atoms with E-state index in [0.717, 1.165) is 17.9 Å². The molecule has 2 aromatic heterocycles. The second-order valence-corrected chi connectivity index (χ2v) is 7.19. The Morgan fingerprint density at radius 1 is 1.40 bits per heavy atom. The van der Waals surface area contributed by atoms with Gasteiger partial charge in [0.15, 0.2) is 0 Å². The maximum atomic E-state index is 12.1. The molecule has 0 saturated heterocycles. The Bertz CT molecular complexity index is 618. The van der Waals surface area contributed by atoms with E-state index >= 15 is 0 Å². The van der Waals surface area contributed by atoms with Crippen LogP contribution in [-0.2, 0) is 23.0 Å². The summed E-state index contributed by atoms with van der Waals surface area (Å²) in [5.74, 6) is 0.770. The zero-order valence-electron chi connectivity index (χ0n) is 11.3. The molecule has 0 saturated carbocycles. The lowest BCUT2D eigenvalue weighted by molar-refractivity contribution is 0.506. The Hall–Kier alpha value is -1.15. The standard InChI is InChI=1S/C13H18N2O3S2/c1-2-14-9-11-8-13(19-10-11)20(16,17)15-6-5-12-4-3-7-18-12/h3-4,7-8,10,14-15H,2,5-6,9H2,1H3.